The smallest absolute Gasteiger partial charge is 0.266 e. The van der Waals surface area contributed by atoms with Crippen LogP contribution in [0.5, 0.6) is 11.5 Å². The zero-order chi connectivity index (χ0) is 23.5. The lowest BCUT2D eigenvalue weighted by Crippen LogP contribution is -2.23. The average Bonchev–Trinajstić information content (AvgIpc) is 3.09. The van der Waals surface area contributed by atoms with Gasteiger partial charge in [-0.25, -0.2) is 4.98 Å². The van der Waals surface area contributed by atoms with Crippen LogP contribution in [0.15, 0.2) is 76.7 Å². The van der Waals surface area contributed by atoms with Crippen molar-refractivity contribution >= 4 is 34.3 Å². The molecular formula is C26H23N3O4S. The molecule has 1 aliphatic heterocycles. The molecule has 5 rings (SSSR count). The maximum absolute atomic E-state index is 13.3. The first-order valence-corrected chi connectivity index (χ1v) is 12.0. The monoisotopic (exact) mass is 473 g/mol. The van der Waals surface area contributed by atoms with E-state index in [0.717, 1.165) is 12.0 Å². The molecule has 1 amide bonds. The molecule has 1 aromatic heterocycles. The van der Waals surface area contributed by atoms with Crippen molar-refractivity contribution < 1.29 is 14.3 Å². The van der Waals surface area contributed by atoms with Crippen LogP contribution in [0.25, 0.3) is 16.6 Å². The third-order valence-electron chi connectivity index (χ3n) is 5.40. The predicted molar refractivity (Wildman–Crippen MR) is 133 cm³/mol. The van der Waals surface area contributed by atoms with E-state index in [1.54, 1.807) is 34.9 Å². The number of fused-ring (bicyclic) bond motifs is 2. The number of hydrogen-bond acceptors (Lipinski definition) is 6. The van der Waals surface area contributed by atoms with Crippen LogP contribution < -0.4 is 20.3 Å². The second-order valence-electron chi connectivity index (χ2n) is 7.94. The number of ether oxygens (including phenoxy) is 2. The zero-order valence-corrected chi connectivity index (χ0v) is 19.4. The van der Waals surface area contributed by atoms with Crippen LogP contribution in [-0.2, 0) is 4.79 Å². The molecule has 0 fully saturated rings. The van der Waals surface area contributed by atoms with Gasteiger partial charge in [-0.05, 0) is 43.3 Å². The van der Waals surface area contributed by atoms with Crippen LogP contribution in [0.4, 0.5) is 5.69 Å². The molecule has 8 heteroatoms. The topological polar surface area (TPSA) is 82.5 Å². The van der Waals surface area contributed by atoms with Gasteiger partial charge in [0.2, 0.25) is 5.91 Å². The van der Waals surface area contributed by atoms with Crippen LogP contribution in [0.1, 0.15) is 12.0 Å². The van der Waals surface area contributed by atoms with E-state index in [2.05, 4.69) is 5.32 Å². The summed E-state index contributed by atoms with van der Waals surface area (Å²) in [4.78, 5) is 30.8. The van der Waals surface area contributed by atoms with E-state index < -0.39 is 0 Å². The second-order valence-corrected chi connectivity index (χ2v) is 8.88. The van der Waals surface area contributed by atoms with Gasteiger partial charge in [-0.3, -0.25) is 14.2 Å². The number of aryl methyl sites for hydroxylation is 1. The third kappa shape index (κ3) is 4.63. The summed E-state index contributed by atoms with van der Waals surface area (Å²) in [5.41, 5.74) is 2.85. The Balaban J connectivity index is 1.40. The number of thioether (sulfide) groups is 1. The van der Waals surface area contributed by atoms with E-state index in [9.17, 15) is 9.59 Å². The molecule has 34 heavy (non-hydrogen) atoms. The molecular weight excluding hydrogens is 450 g/mol. The molecule has 1 aliphatic rings. The fourth-order valence-corrected chi connectivity index (χ4v) is 4.51. The largest absolute Gasteiger partial charge is 0.490 e. The highest BCUT2D eigenvalue weighted by Gasteiger charge is 2.16. The van der Waals surface area contributed by atoms with Crippen LogP contribution in [0, 0.1) is 6.92 Å². The van der Waals surface area contributed by atoms with Crippen LogP contribution >= 0.6 is 11.8 Å². The molecule has 0 saturated heterocycles. The van der Waals surface area contributed by atoms with Crippen LogP contribution in [0.2, 0.25) is 0 Å². The van der Waals surface area contributed by atoms with Crippen molar-refractivity contribution in [3.63, 3.8) is 0 Å². The van der Waals surface area contributed by atoms with Crippen molar-refractivity contribution in [1.29, 1.82) is 0 Å². The quantitative estimate of drug-likeness (QED) is 0.337. The van der Waals surface area contributed by atoms with Crippen LogP contribution in [-0.4, -0.2) is 34.4 Å². The lowest BCUT2D eigenvalue weighted by molar-refractivity contribution is -0.113. The number of nitrogens with one attached hydrogen (secondary N) is 1. The third-order valence-corrected chi connectivity index (χ3v) is 6.34. The number of amides is 1. The van der Waals surface area contributed by atoms with Crippen LogP contribution in [0.3, 0.4) is 0 Å². The Kier molecular flexibility index (Phi) is 6.22. The van der Waals surface area contributed by atoms with E-state index in [1.807, 2.05) is 43.3 Å². The molecule has 0 aliphatic carbocycles. The number of anilines is 1. The second kappa shape index (κ2) is 9.61. The standard InChI is InChI=1S/C26H23N3O4S/c1-17-7-10-19(11-8-17)29-25(31)20-5-2-3-6-21(20)28-26(29)34-16-24(30)27-18-9-12-22-23(15-18)33-14-4-13-32-22/h2-3,5-12,15H,4,13-14,16H2,1H3,(H,27,30). The van der Waals surface area contributed by atoms with Gasteiger partial charge in [0.15, 0.2) is 16.7 Å². The molecule has 0 atom stereocenters. The van der Waals surface area contributed by atoms with E-state index in [4.69, 9.17) is 14.5 Å². The molecule has 3 aromatic carbocycles. The lowest BCUT2D eigenvalue weighted by Gasteiger charge is -2.14. The van der Waals surface area contributed by atoms with Gasteiger partial charge in [-0.1, -0.05) is 41.6 Å². The van der Waals surface area contributed by atoms with Gasteiger partial charge in [0, 0.05) is 18.2 Å². The highest BCUT2D eigenvalue weighted by Crippen LogP contribution is 2.32. The van der Waals surface area contributed by atoms with E-state index in [0.29, 0.717) is 52.1 Å². The number of nitrogens with zero attached hydrogens (tertiary/aromatic N) is 2. The molecule has 172 valence electrons. The molecule has 0 radical (unpaired) electrons. The number of benzene rings is 3. The summed E-state index contributed by atoms with van der Waals surface area (Å²) < 4.78 is 12.9. The average molecular weight is 474 g/mol. The molecule has 4 aromatic rings. The zero-order valence-electron chi connectivity index (χ0n) is 18.6. The molecule has 2 heterocycles. The maximum Gasteiger partial charge on any atom is 0.266 e. The number of para-hydroxylation sites is 1. The number of hydrogen-bond donors (Lipinski definition) is 1. The Hall–Kier alpha value is -3.78. The summed E-state index contributed by atoms with van der Waals surface area (Å²) in [5, 5.41) is 3.88. The van der Waals surface area contributed by atoms with Gasteiger partial charge in [0.25, 0.3) is 5.56 Å². The minimum absolute atomic E-state index is 0.0884. The minimum Gasteiger partial charge on any atom is -0.490 e. The Bertz CT molecular complexity index is 1420. The van der Waals surface area contributed by atoms with E-state index in [-0.39, 0.29) is 17.2 Å². The Morgan fingerprint density at radius 2 is 1.79 bits per heavy atom. The van der Waals surface area contributed by atoms with Gasteiger partial charge in [-0.15, -0.1) is 0 Å². The molecule has 1 N–H and O–H groups in total. The van der Waals surface area contributed by atoms with Crippen molar-refractivity contribution in [2.24, 2.45) is 0 Å². The number of rotatable bonds is 5. The molecule has 7 nitrogen and oxygen atoms in total. The van der Waals surface area contributed by atoms with Crippen molar-refractivity contribution in [3.8, 4) is 17.2 Å². The summed E-state index contributed by atoms with van der Waals surface area (Å²) in [6.45, 7) is 3.17. The Morgan fingerprint density at radius 3 is 2.62 bits per heavy atom. The van der Waals surface area contributed by atoms with Gasteiger partial charge in [0.05, 0.1) is 35.6 Å². The van der Waals surface area contributed by atoms with Crippen molar-refractivity contribution in [1.82, 2.24) is 9.55 Å². The van der Waals surface area contributed by atoms with Crippen molar-refractivity contribution in [3.05, 3.63) is 82.6 Å². The number of carbonyl (C=O) groups excluding carboxylic acids is 1. The molecule has 0 saturated carbocycles. The fraction of sp³-hybridized carbons (Fsp3) is 0.192. The summed E-state index contributed by atoms with van der Waals surface area (Å²) in [6, 6.07) is 20.2. The molecule has 0 unspecified atom stereocenters. The van der Waals surface area contributed by atoms with Gasteiger partial charge in [0.1, 0.15) is 0 Å². The summed E-state index contributed by atoms with van der Waals surface area (Å²) in [6.07, 6.45) is 0.814. The van der Waals surface area contributed by atoms with Gasteiger partial charge >= 0.3 is 0 Å². The van der Waals surface area contributed by atoms with Crippen molar-refractivity contribution in [2.75, 3.05) is 24.3 Å². The molecule has 0 bridgehead atoms. The normalized spacial score (nSPS) is 12.9. The highest BCUT2D eigenvalue weighted by molar-refractivity contribution is 7.99. The SMILES string of the molecule is Cc1ccc(-n2c(SCC(=O)Nc3ccc4c(c3)OCCCO4)nc3ccccc3c2=O)cc1. The van der Waals surface area contributed by atoms with Gasteiger partial charge < -0.3 is 14.8 Å². The summed E-state index contributed by atoms with van der Waals surface area (Å²) >= 11 is 1.22. The first kappa shape index (κ1) is 22.0. The predicted octanol–water partition coefficient (Wildman–Crippen LogP) is 4.59. The number of carbonyl (C=O) groups is 1. The summed E-state index contributed by atoms with van der Waals surface area (Å²) in [7, 11) is 0. The fourth-order valence-electron chi connectivity index (χ4n) is 3.70. The van der Waals surface area contributed by atoms with E-state index in [1.165, 1.54) is 11.8 Å². The Labute approximate surface area is 200 Å². The Morgan fingerprint density at radius 1 is 1.03 bits per heavy atom. The maximum atomic E-state index is 13.3. The first-order chi connectivity index (χ1) is 16.6. The molecule has 0 spiro atoms. The van der Waals surface area contributed by atoms with Crippen molar-refractivity contribution in [2.45, 2.75) is 18.5 Å². The summed E-state index contributed by atoms with van der Waals surface area (Å²) in [5.74, 6) is 1.17. The minimum atomic E-state index is -0.211. The van der Waals surface area contributed by atoms with Gasteiger partial charge in [-0.2, -0.15) is 0 Å². The lowest BCUT2D eigenvalue weighted by atomic mass is 10.2. The van der Waals surface area contributed by atoms with E-state index >= 15 is 0 Å². The highest BCUT2D eigenvalue weighted by atomic mass is 32.2. The first-order valence-electron chi connectivity index (χ1n) is 11.0. The number of aromatic nitrogens is 2.